The van der Waals surface area contributed by atoms with Crippen molar-refractivity contribution < 1.29 is 19.1 Å². The summed E-state index contributed by atoms with van der Waals surface area (Å²) >= 11 is 5.83. The van der Waals surface area contributed by atoms with Crippen LogP contribution in [-0.4, -0.2) is 30.9 Å². The van der Waals surface area contributed by atoms with Crippen molar-refractivity contribution in [3.05, 3.63) is 64.7 Å². The summed E-state index contributed by atoms with van der Waals surface area (Å²) in [6.45, 7) is 1.72. The Labute approximate surface area is 168 Å². The van der Waals surface area contributed by atoms with E-state index in [-0.39, 0.29) is 25.3 Å². The van der Waals surface area contributed by atoms with Gasteiger partial charge in [0.15, 0.2) is 0 Å². The van der Waals surface area contributed by atoms with Gasteiger partial charge in [0, 0.05) is 5.56 Å². The molecule has 2 aromatic carbocycles. The molecule has 1 unspecified atom stereocenters. The summed E-state index contributed by atoms with van der Waals surface area (Å²) in [6.07, 6.45) is -0.00867. The summed E-state index contributed by atoms with van der Waals surface area (Å²) in [5.74, 6) is -1.31. The Morgan fingerprint density at radius 3 is 2.50 bits per heavy atom. The average Bonchev–Trinajstić information content (AvgIpc) is 2.68. The van der Waals surface area contributed by atoms with Crippen LogP contribution in [0.1, 0.15) is 35.3 Å². The zero-order valence-corrected chi connectivity index (χ0v) is 16.2. The summed E-state index contributed by atoms with van der Waals surface area (Å²) in [6, 6.07) is 13.0. The van der Waals surface area contributed by atoms with E-state index < -0.39 is 23.8 Å². The molecule has 0 radical (unpaired) electrons. The Bertz CT molecular complexity index is 843. The van der Waals surface area contributed by atoms with Crippen LogP contribution in [0.15, 0.2) is 48.5 Å². The summed E-state index contributed by atoms with van der Waals surface area (Å²) in [7, 11) is 0. The lowest BCUT2D eigenvalue weighted by molar-refractivity contribution is -0.143. The maximum Gasteiger partial charge on any atom is 0.308 e. The van der Waals surface area contributed by atoms with Gasteiger partial charge >= 0.3 is 5.97 Å². The first-order valence-electron chi connectivity index (χ1n) is 8.73. The monoisotopic (exact) mass is 403 g/mol. The molecule has 0 aliphatic heterocycles. The molecule has 2 rings (SSSR count). The maximum atomic E-state index is 12.3. The van der Waals surface area contributed by atoms with Crippen molar-refractivity contribution in [2.24, 2.45) is 0 Å². The summed E-state index contributed by atoms with van der Waals surface area (Å²) in [4.78, 5) is 36.3. The van der Waals surface area contributed by atoms with Crippen molar-refractivity contribution in [2.75, 3.05) is 18.9 Å². The second kappa shape index (κ2) is 10.3. The minimum atomic E-state index is -0.559. The second-order valence-electron chi connectivity index (χ2n) is 5.96. The molecule has 28 heavy (non-hydrogen) atoms. The molecule has 7 nitrogen and oxygen atoms in total. The van der Waals surface area contributed by atoms with Gasteiger partial charge in [0.1, 0.15) is 0 Å². The van der Waals surface area contributed by atoms with E-state index in [0.29, 0.717) is 10.6 Å². The Kier molecular flexibility index (Phi) is 7.83. The minimum Gasteiger partial charge on any atom is -0.466 e. The third-order valence-electron chi connectivity index (χ3n) is 3.88. The lowest BCUT2D eigenvalue weighted by Crippen LogP contribution is -2.39. The smallest absolute Gasteiger partial charge is 0.308 e. The molecule has 4 N–H and O–H groups in total. The quantitative estimate of drug-likeness (QED) is 0.463. The van der Waals surface area contributed by atoms with Crippen LogP contribution in [0.2, 0.25) is 5.02 Å². The Morgan fingerprint density at radius 1 is 1.14 bits per heavy atom. The molecule has 0 heterocycles. The molecule has 148 valence electrons. The lowest BCUT2D eigenvalue weighted by atomic mass is 10.0. The zero-order chi connectivity index (χ0) is 20.5. The van der Waals surface area contributed by atoms with Gasteiger partial charge in [0.25, 0.3) is 5.91 Å². The fourth-order valence-corrected chi connectivity index (χ4v) is 2.63. The maximum absolute atomic E-state index is 12.3. The van der Waals surface area contributed by atoms with Crippen LogP contribution in [0.3, 0.4) is 0 Å². The van der Waals surface area contributed by atoms with Crippen LogP contribution in [0, 0.1) is 0 Å². The molecule has 0 aliphatic rings. The van der Waals surface area contributed by atoms with E-state index in [1.807, 2.05) is 18.2 Å². The molecule has 2 amide bonds. The number of nitrogen functional groups attached to an aromatic ring is 1. The predicted octanol–water partition coefficient (Wildman–Crippen LogP) is 2.46. The molecule has 0 saturated carbocycles. The Morgan fingerprint density at radius 2 is 1.86 bits per heavy atom. The van der Waals surface area contributed by atoms with Gasteiger partial charge in [0.2, 0.25) is 5.91 Å². The molecular weight excluding hydrogens is 382 g/mol. The van der Waals surface area contributed by atoms with E-state index >= 15 is 0 Å². The number of hydrogen-bond donors (Lipinski definition) is 3. The van der Waals surface area contributed by atoms with E-state index in [2.05, 4.69) is 10.6 Å². The molecule has 0 saturated heterocycles. The largest absolute Gasteiger partial charge is 0.466 e. The molecule has 0 fully saturated rings. The molecule has 8 heteroatoms. The predicted molar refractivity (Wildman–Crippen MR) is 107 cm³/mol. The minimum absolute atomic E-state index is 0.00867. The fraction of sp³-hybridized carbons (Fsp3) is 0.250. The topological polar surface area (TPSA) is 111 Å². The Hall–Kier alpha value is -3.06. The number of hydrogen-bond acceptors (Lipinski definition) is 5. The first-order chi connectivity index (χ1) is 13.4. The first kappa shape index (κ1) is 21.2. The third-order valence-corrected chi connectivity index (χ3v) is 4.23. The van der Waals surface area contributed by atoms with E-state index in [9.17, 15) is 14.4 Å². The van der Waals surface area contributed by atoms with Crippen LogP contribution in [0.5, 0.6) is 0 Å². The van der Waals surface area contributed by atoms with Crippen molar-refractivity contribution in [1.82, 2.24) is 10.6 Å². The molecular formula is C20H22ClN3O4. The van der Waals surface area contributed by atoms with Gasteiger partial charge in [-0.2, -0.15) is 0 Å². The highest BCUT2D eigenvalue weighted by molar-refractivity contribution is 6.33. The van der Waals surface area contributed by atoms with Crippen LogP contribution >= 0.6 is 11.6 Å². The number of esters is 1. The number of nitrogens with one attached hydrogen (secondary N) is 2. The van der Waals surface area contributed by atoms with E-state index in [4.69, 9.17) is 22.1 Å². The van der Waals surface area contributed by atoms with Crippen molar-refractivity contribution in [2.45, 2.75) is 19.4 Å². The number of amides is 2. The molecule has 2 aromatic rings. The highest BCUT2D eigenvalue weighted by Gasteiger charge is 2.19. The van der Waals surface area contributed by atoms with Crippen LogP contribution in [0.25, 0.3) is 0 Å². The highest BCUT2D eigenvalue weighted by Crippen LogP contribution is 2.19. The van der Waals surface area contributed by atoms with E-state index in [1.165, 1.54) is 18.2 Å². The standard InChI is InChI=1S/C20H22ClN3O4/c1-2-28-19(26)11-17(13-6-4-3-5-7-13)24-18(25)12-23-20(27)14-8-9-15(21)16(22)10-14/h3-10,17H,2,11-12,22H2,1H3,(H,23,27)(H,24,25). The summed E-state index contributed by atoms with van der Waals surface area (Å²) in [5, 5.41) is 5.61. The summed E-state index contributed by atoms with van der Waals surface area (Å²) < 4.78 is 4.97. The second-order valence-corrected chi connectivity index (χ2v) is 6.37. The number of carbonyl (C=O) groups excluding carboxylic acids is 3. The van der Waals surface area contributed by atoms with Crippen molar-refractivity contribution in [3.63, 3.8) is 0 Å². The van der Waals surface area contributed by atoms with Crippen molar-refractivity contribution in [3.8, 4) is 0 Å². The first-order valence-corrected chi connectivity index (χ1v) is 9.11. The van der Waals surface area contributed by atoms with Crippen molar-refractivity contribution >= 4 is 35.1 Å². The number of ether oxygens (including phenoxy) is 1. The number of benzene rings is 2. The van der Waals surface area contributed by atoms with Crippen molar-refractivity contribution in [1.29, 1.82) is 0 Å². The van der Waals surface area contributed by atoms with Gasteiger partial charge in [-0.25, -0.2) is 0 Å². The number of carbonyl (C=O) groups is 3. The van der Waals surface area contributed by atoms with E-state index in [1.54, 1.807) is 19.1 Å². The van der Waals surface area contributed by atoms with Gasteiger partial charge in [-0.05, 0) is 30.7 Å². The van der Waals surface area contributed by atoms with Gasteiger partial charge < -0.3 is 21.1 Å². The van der Waals surface area contributed by atoms with Gasteiger partial charge in [0.05, 0.1) is 36.3 Å². The SMILES string of the molecule is CCOC(=O)CC(NC(=O)CNC(=O)c1ccc(Cl)c(N)c1)c1ccccc1. The number of anilines is 1. The lowest BCUT2D eigenvalue weighted by Gasteiger charge is -2.18. The average molecular weight is 404 g/mol. The van der Waals surface area contributed by atoms with Crippen LogP contribution in [0.4, 0.5) is 5.69 Å². The Balaban J connectivity index is 1.97. The molecule has 1 atom stereocenters. The van der Waals surface area contributed by atoms with Gasteiger partial charge in [-0.1, -0.05) is 41.9 Å². The van der Waals surface area contributed by atoms with Gasteiger partial charge in [-0.3, -0.25) is 14.4 Å². The number of nitrogens with two attached hydrogens (primary N) is 1. The highest BCUT2D eigenvalue weighted by atomic mass is 35.5. The van der Waals surface area contributed by atoms with Crippen LogP contribution in [-0.2, 0) is 14.3 Å². The third kappa shape index (κ3) is 6.28. The normalized spacial score (nSPS) is 11.4. The fourth-order valence-electron chi connectivity index (χ4n) is 2.52. The van der Waals surface area contributed by atoms with Gasteiger partial charge in [-0.15, -0.1) is 0 Å². The number of halogens is 1. The number of rotatable bonds is 8. The van der Waals surface area contributed by atoms with Crippen LogP contribution < -0.4 is 16.4 Å². The molecule has 0 spiro atoms. The summed E-state index contributed by atoms with van der Waals surface area (Å²) in [5.41, 5.74) is 7.01. The zero-order valence-electron chi connectivity index (χ0n) is 15.4. The molecule has 0 bridgehead atoms. The van der Waals surface area contributed by atoms with E-state index in [0.717, 1.165) is 5.56 Å². The molecule has 0 aromatic heterocycles. The molecule has 0 aliphatic carbocycles.